The molecule has 1 N–H and O–H groups in total. The molecular formula is C15H21N5O. The Balaban J connectivity index is 1.95. The second kappa shape index (κ2) is 5.81. The summed E-state index contributed by atoms with van der Waals surface area (Å²) in [6.45, 7) is 6.64. The summed E-state index contributed by atoms with van der Waals surface area (Å²) in [7, 11) is 0. The number of nitrogens with zero attached hydrogens (tertiary/aromatic N) is 4. The van der Waals surface area contributed by atoms with Gasteiger partial charge in [-0.15, -0.1) is 0 Å². The molecule has 21 heavy (non-hydrogen) atoms. The molecule has 2 aromatic heterocycles. The van der Waals surface area contributed by atoms with Crippen LogP contribution in [0.5, 0.6) is 0 Å². The number of aromatic nitrogens is 3. The molecule has 1 aliphatic heterocycles. The van der Waals surface area contributed by atoms with E-state index in [2.05, 4.69) is 22.3 Å². The summed E-state index contributed by atoms with van der Waals surface area (Å²) in [5.41, 5.74) is 2.13. The smallest absolute Gasteiger partial charge is 0.259 e. The van der Waals surface area contributed by atoms with Gasteiger partial charge >= 0.3 is 0 Å². The van der Waals surface area contributed by atoms with Crippen LogP contribution in [0.15, 0.2) is 18.5 Å². The lowest BCUT2D eigenvalue weighted by molar-refractivity contribution is 0.0694. The van der Waals surface area contributed by atoms with Crippen molar-refractivity contribution in [2.24, 2.45) is 0 Å². The second-order valence-electron chi connectivity index (χ2n) is 5.54. The third-order valence-electron chi connectivity index (χ3n) is 3.94. The standard InChI is InChI=1S/C15H21N5O/c1-3-7-19(12-4-6-16-9-12)15(21)13-10-17-20-8-5-11(2)18-14(13)20/h5,8,10,12,16H,3-4,6-7,9H2,1-2H3. The van der Waals surface area contributed by atoms with Crippen molar-refractivity contribution in [3.63, 3.8) is 0 Å². The zero-order chi connectivity index (χ0) is 14.8. The van der Waals surface area contributed by atoms with Crippen molar-refractivity contribution in [3.8, 4) is 0 Å². The van der Waals surface area contributed by atoms with Gasteiger partial charge in [0.2, 0.25) is 0 Å². The summed E-state index contributed by atoms with van der Waals surface area (Å²) >= 11 is 0. The van der Waals surface area contributed by atoms with Crippen LogP contribution in [-0.2, 0) is 0 Å². The number of rotatable bonds is 4. The normalized spacial score (nSPS) is 18.3. The lowest BCUT2D eigenvalue weighted by Crippen LogP contribution is -2.42. The zero-order valence-electron chi connectivity index (χ0n) is 12.5. The fourth-order valence-corrected chi connectivity index (χ4v) is 2.86. The Hall–Kier alpha value is -1.95. The Morgan fingerprint density at radius 3 is 3.14 bits per heavy atom. The Labute approximate surface area is 124 Å². The molecule has 1 amide bonds. The molecule has 0 aromatic carbocycles. The maximum atomic E-state index is 12.9. The first-order valence-corrected chi connectivity index (χ1v) is 7.53. The van der Waals surface area contributed by atoms with Crippen molar-refractivity contribution >= 4 is 11.6 Å². The number of carbonyl (C=O) groups is 1. The predicted molar refractivity (Wildman–Crippen MR) is 80.3 cm³/mol. The molecule has 1 atom stereocenters. The first kappa shape index (κ1) is 14.0. The number of nitrogens with one attached hydrogen (secondary N) is 1. The SMILES string of the molecule is CCCN(C(=O)c1cnn2ccc(C)nc12)C1CCNC1. The molecule has 6 nitrogen and oxygen atoms in total. The molecule has 0 bridgehead atoms. The van der Waals surface area contributed by atoms with E-state index in [4.69, 9.17) is 0 Å². The highest BCUT2D eigenvalue weighted by molar-refractivity contribution is 5.99. The van der Waals surface area contributed by atoms with Gasteiger partial charge in [-0.3, -0.25) is 4.79 Å². The largest absolute Gasteiger partial charge is 0.334 e. The van der Waals surface area contributed by atoms with Crippen molar-refractivity contribution < 1.29 is 4.79 Å². The van der Waals surface area contributed by atoms with Crippen LogP contribution >= 0.6 is 0 Å². The minimum atomic E-state index is 0.0404. The van der Waals surface area contributed by atoms with Gasteiger partial charge < -0.3 is 10.2 Å². The highest BCUT2D eigenvalue weighted by atomic mass is 16.2. The molecule has 1 aliphatic rings. The fraction of sp³-hybridized carbons (Fsp3) is 0.533. The van der Waals surface area contributed by atoms with Crippen LogP contribution in [0, 0.1) is 6.92 Å². The lowest BCUT2D eigenvalue weighted by atomic mass is 10.1. The zero-order valence-corrected chi connectivity index (χ0v) is 12.5. The predicted octanol–water partition coefficient (Wildman–Crippen LogP) is 1.25. The summed E-state index contributed by atoms with van der Waals surface area (Å²) in [6.07, 6.45) is 5.44. The van der Waals surface area contributed by atoms with Crippen molar-refractivity contribution in [2.45, 2.75) is 32.7 Å². The summed E-state index contributed by atoms with van der Waals surface area (Å²) in [6, 6.07) is 2.16. The van der Waals surface area contributed by atoms with Crippen molar-refractivity contribution in [2.75, 3.05) is 19.6 Å². The van der Waals surface area contributed by atoms with E-state index in [1.54, 1.807) is 10.7 Å². The van der Waals surface area contributed by atoms with Crippen molar-refractivity contribution in [1.29, 1.82) is 0 Å². The van der Waals surface area contributed by atoms with E-state index in [0.717, 1.165) is 38.2 Å². The number of hydrogen-bond acceptors (Lipinski definition) is 4. The van der Waals surface area contributed by atoms with Crippen LogP contribution in [0.25, 0.3) is 5.65 Å². The maximum Gasteiger partial charge on any atom is 0.259 e. The lowest BCUT2D eigenvalue weighted by Gasteiger charge is -2.27. The van der Waals surface area contributed by atoms with E-state index in [1.165, 1.54) is 0 Å². The van der Waals surface area contributed by atoms with Gasteiger partial charge in [-0.1, -0.05) is 6.92 Å². The molecule has 3 rings (SSSR count). The number of aryl methyl sites for hydroxylation is 1. The summed E-state index contributed by atoms with van der Waals surface area (Å²) in [5, 5.41) is 7.57. The topological polar surface area (TPSA) is 62.5 Å². The number of fused-ring (bicyclic) bond motifs is 1. The molecule has 1 unspecified atom stereocenters. The molecule has 112 valence electrons. The quantitative estimate of drug-likeness (QED) is 0.919. The average Bonchev–Trinajstić information content (AvgIpc) is 3.13. The molecule has 6 heteroatoms. The van der Waals surface area contributed by atoms with E-state index in [-0.39, 0.29) is 11.9 Å². The van der Waals surface area contributed by atoms with Crippen LogP contribution in [-0.4, -0.2) is 51.1 Å². The molecule has 0 spiro atoms. The van der Waals surface area contributed by atoms with Crippen LogP contribution in [0.3, 0.4) is 0 Å². The highest BCUT2D eigenvalue weighted by Crippen LogP contribution is 2.17. The minimum Gasteiger partial charge on any atom is -0.334 e. The van der Waals surface area contributed by atoms with Gasteiger partial charge in [-0.25, -0.2) is 9.50 Å². The van der Waals surface area contributed by atoms with E-state index in [9.17, 15) is 4.79 Å². The molecule has 0 aliphatic carbocycles. The second-order valence-corrected chi connectivity index (χ2v) is 5.54. The third-order valence-corrected chi connectivity index (χ3v) is 3.94. The van der Waals surface area contributed by atoms with Crippen molar-refractivity contribution in [1.82, 2.24) is 24.8 Å². The van der Waals surface area contributed by atoms with Crippen LogP contribution in [0.4, 0.5) is 0 Å². The van der Waals surface area contributed by atoms with Gasteiger partial charge in [-0.2, -0.15) is 5.10 Å². The highest BCUT2D eigenvalue weighted by Gasteiger charge is 2.28. The van der Waals surface area contributed by atoms with Crippen molar-refractivity contribution in [3.05, 3.63) is 29.7 Å². The van der Waals surface area contributed by atoms with Crippen LogP contribution in [0.2, 0.25) is 0 Å². The Kier molecular flexibility index (Phi) is 3.88. The van der Waals surface area contributed by atoms with Crippen LogP contribution in [0.1, 0.15) is 35.8 Å². The third kappa shape index (κ3) is 2.63. The monoisotopic (exact) mass is 287 g/mol. The molecule has 0 saturated carbocycles. The summed E-state index contributed by atoms with van der Waals surface area (Å²) in [5.74, 6) is 0.0404. The first-order chi connectivity index (χ1) is 10.2. The molecule has 1 fully saturated rings. The van der Waals surface area contributed by atoms with E-state index < -0.39 is 0 Å². The molecule has 2 aromatic rings. The molecule has 1 saturated heterocycles. The summed E-state index contributed by atoms with van der Waals surface area (Å²) < 4.78 is 1.66. The van der Waals surface area contributed by atoms with Crippen LogP contribution < -0.4 is 5.32 Å². The van der Waals surface area contributed by atoms with Gasteiger partial charge in [0.25, 0.3) is 5.91 Å². The average molecular weight is 287 g/mol. The van der Waals surface area contributed by atoms with Gasteiger partial charge in [-0.05, 0) is 32.4 Å². The van der Waals surface area contributed by atoms with E-state index in [0.29, 0.717) is 11.2 Å². The summed E-state index contributed by atoms with van der Waals surface area (Å²) in [4.78, 5) is 19.3. The Morgan fingerprint density at radius 2 is 2.43 bits per heavy atom. The Morgan fingerprint density at radius 1 is 1.57 bits per heavy atom. The number of amides is 1. The van der Waals surface area contributed by atoms with Gasteiger partial charge in [0.1, 0.15) is 5.56 Å². The number of carbonyl (C=O) groups excluding carboxylic acids is 1. The van der Waals surface area contributed by atoms with E-state index >= 15 is 0 Å². The molecule has 3 heterocycles. The van der Waals surface area contributed by atoms with E-state index in [1.807, 2.05) is 24.1 Å². The first-order valence-electron chi connectivity index (χ1n) is 7.53. The maximum absolute atomic E-state index is 12.9. The van der Waals surface area contributed by atoms with Gasteiger partial charge in [0, 0.05) is 31.0 Å². The minimum absolute atomic E-state index is 0.0404. The number of hydrogen-bond donors (Lipinski definition) is 1. The van der Waals surface area contributed by atoms with Gasteiger partial charge in [0.05, 0.1) is 6.20 Å². The Bertz CT molecular complexity index is 645. The molecule has 0 radical (unpaired) electrons. The molecular weight excluding hydrogens is 266 g/mol. The van der Waals surface area contributed by atoms with Gasteiger partial charge in [0.15, 0.2) is 5.65 Å². The fourth-order valence-electron chi connectivity index (χ4n) is 2.86.